The normalized spacial score (nSPS) is 20.2. The van der Waals surface area contributed by atoms with Gasteiger partial charge in [0.15, 0.2) is 0 Å². The predicted molar refractivity (Wildman–Crippen MR) is 53.5 cm³/mol. The van der Waals surface area contributed by atoms with Gasteiger partial charge in [-0.2, -0.15) is 0 Å². The summed E-state index contributed by atoms with van der Waals surface area (Å²) in [6.07, 6.45) is 5.60. The minimum atomic E-state index is 0.416. The number of hydrogen-bond donors (Lipinski definition) is 0. The van der Waals surface area contributed by atoms with Gasteiger partial charge in [0.25, 0.3) is 0 Å². The van der Waals surface area contributed by atoms with Crippen LogP contribution in [0.1, 0.15) is 39.4 Å². The van der Waals surface area contributed by atoms with Crippen LogP contribution in [0.5, 0.6) is 0 Å². The molecule has 0 aliphatic heterocycles. The van der Waals surface area contributed by atoms with Gasteiger partial charge in [-0.25, -0.2) is 0 Å². The van der Waals surface area contributed by atoms with E-state index in [2.05, 4.69) is 26.8 Å². The van der Waals surface area contributed by atoms with E-state index in [9.17, 15) is 0 Å². The monoisotopic (exact) mass is 178 g/mol. The highest BCUT2D eigenvalue weighted by molar-refractivity contribution is 5.10. The average molecular weight is 178 g/mol. The van der Waals surface area contributed by atoms with Crippen LogP contribution >= 0.6 is 0 Å². The van der Waals surface area contributed by atoms with E-state index in [1.165, 1.54) is 12.8 Å². The van der Waals surface area contributed by atoms with Crippen LogP contribution < -0.4 is 0 Å². The zero-order chi connectivity index (χ0) is 9.53. The van der Waals surface area contributed by atoms with Gasteiger partial charge in [-0.1, -0.05) is 20.8 Å². The van der Waals surface area contributed by atoms with E-state index in [1.807, 2.05) is 6.07 Å². The second-order valence-electron chi connectivity index (χ2n) is 5.29. The number of furan rings is 1. The summed E-state index contributed by atoms with van der Waals surface area (Å²) in [6.45, 7) is 7.01. The van der Waals surface area contributed by atoms with E-state index >= 15 is 0 Å². The third kappa shape index (κ3) is 1.52. The molecule has 1 aromatic heterocycles. The topological polar surface area (TPSA) is 13.1 Å². The van der Waals surface area contributed by atoms with Crippen molar-refractivity contribution in [1.82, 2.24) is 0 Å². The van der Waals surface area contributed by atoms with Crippen LogP contribution in [0.4, 0.5) is 0 Å². The molecule has 0 aromatic carbocycles. The highest BCUT2D eigenvalue weighted by atomic mass is 16.3. The van der Waals surface area contributed by atoms with Crippen LogP contribution in [-0.2, 0) is 6.42 Å². The van der Waals surface area contributed by atoms with E-state index in [0.29, 0.717) is 10.8 Å². The zero-order valence-electron chi connectivity index (χ0n) is 8.76. The molecule has 1 aliphatic rings. The molecule has 1 aliphatic carbocycles. The van der Waals surface area contributed by atoms with Crippen molar-refractivity contribution in [3.63, 3.8) is 0 Å². The second-order valence-corrected chi connectivity index (χ2v) is 5.29. The standard InChI is InChI=1S/C12H18O/c1-11(2,3)12(6-7-12)9-10-5-4-8-13-10/h4-5,8H,6-7,9H2,1-3H3. The fourth-order valence-electron chi connectivity index (χ4n) is 2.09. The van der Waals surface area contributed by atoms with E-state index in [1.54, 1.807) is 6.26 Å². The minimum Gasteiger partial charge on any atom is -0.469 e. The van der Waals surface area contributed by atoms with Gasteiger partial charge in [-0.15, -0.1) is 0 Å². The summed E-state index contributed by atoms with van der Waals surface area (Å²) in [5.74, 6) is 1.15. The van der Waals surface area contributed by atoms with Crippen molar-refractivity contribution >= 4 is 0 Å². The Balaban J connectivity index is 2.10. The summed E-state index contributed by atoms with van der Waals surface area (Å²) in [4.78, 5) is 0. The van der Waals surface area contributed by atoms with Gasteiger partial charge in [-0.05, 0) is 35.8 Å². The molecular weight excluding hydrogens is 160 g/mol. The summed E-state index contributed by atoms with van der Waals surface area (Å²) in [5.41, 5.74) is 0.935. The van der Waals surface area contributed by atoms with E-state index in [0.717, 1.165) is 12.2 Å². The molecule has 0 bridgehead atoms. The first-order chi connectivity index (χ1) is 6.04. The predicted octanol–water partition coefficient (Wildman–Crippen LogP) is 3.65. The van der Waals surface area contributed by atoms with Gasteiger partial charge >= 0.3 is 0 Å². The van der Waals surface area contributed by atoms with Crippen molar-refractivity contribution in [1.29, 1.82) is 0 Å². The van der Waals surface area contributed by atoms with Crippen molar-refractivity contribution in [3.8, 4) is 0 Å². The van der Waals surface area contributed by atoms with Gasteiger partial charge in [0.05, 0.1) is 6.26 Å². The van der Waals surface area contributed by atoms with Crippen LogP contribution in [-0.4, -0.2) is 0 Å². The lowest BCUT2D eigenvalue weighted by molar-refractivity contribution is 0.201. The van der Waals surface area contributed by atoms with E-state index < -0.39 is 0 Å². The Labute approximate surface area is 80.1 Å². The molecule has 0 unspecified atom stereocenters. The molecule has 1 saturated carbocycles. The summed E-state index contributed by atoms with van der Waals surface area (Å²) >= 11 is 0. The Morgan fingerprint density at radius 3 is 2.46 bits per heavy atom. The molecule has 0 saturated heterocycles. The maximum Gasteiger partial charge on any atom is 0.104 e. The summed E-state index contributed by atoms with van der Waals surface area (Å²) < 4.78 is 5.40. The van der Waals surface area contributed by atoms with Crippen molar-refractivity contribution in [2.24, 2.45) is 10.8 Å². The van der Waals surface area contributed by atoms with Crippen LogP contribution in [0.2, 0.25) is 0 Å². The molecule has 1 nitrogen and oxygen atoms in total. The molecule has 0 amide bonds. The lowest BCUT2D eigenvalue weighted by Gasteiger charge is -2.30. The van der Waals surface area contributed by atoms with Crippen molar-refractivity contribution in [2.45, 2.75) is 40.0 Å². The second kappa shape index (κ2) is 2.63. The molecule has 72 valence electrons. The maximum atomic E-state index is 5.40. The molecule has 1 heterocycles. The van der Waals surface area contributed by atoms with Gasteiger partial charge in [0, 0.05) is 6.42 Å². The Bertz CT molecular complexity index is 273. The Kier molecular flexibility index (Phi) is 1.79. The smallest absolute Gasteiger partial charge is 0.104 e. The van der Waals surface area contributed by atoms with Gasteiger partial charge in [-0.3, -0.25) is 0 Å². The van der Waals surface area contributed by atoms with Gasteiger partial charge in [0.2, 0.25) is 0 Å². The average Bonchev–Trinajstić information content (AvgIpc) is 2.59. The van der Waals surface area contributed by atoms with E-state index in [4.69, 9.17) is 4.42 Å². The summed E-state index contributed by atoms with van der Waals surface area (Å²) in [7, 11) is 0. The maximum absolute atomic E-state index is 5.40. The number of hydrogen-bond acceptors (Lipinski definition) is 1. The molecule has 0 N–H and O–H groups in total. The SMILES string of the molecule is CC(C)(C)C1(Cc2ccco2)CC1. The first kappa shape index (κ1) is 8.86. The largest absolute Gasteiger partial charge is 0.469 e. The van der Waals surface area contributed by atoms with E-state index in [-0.39, 0.29) is 0 Å². The van der Waals surface area contributed by atoms with Crippen LogP contribution in [0.25, 0.3) is 0 Å². The molecule has 1 fully saturated rings. The van der Waals surface area contributed by atoms with Crippen LogP contribution in [0.3, 0.4) is 0 Å². The molecule has 1 aromatic rings. The van der Waals surface area contributed by atoms with Crippen LogP contribution in [0, 0.1) is 10.8 Å². The lowest BCUT2D eigenvalue weighted by Crippen LogP contribution is -2.23. The van der Waals surface area contributed by atoms with Gasteiger partial charge in [0.1, 0.15) is 5.76 Å². The van der Waals surface area contributed by atoms with Crippen molar-refractivity contribution in [2.75, 3.05) is 0 Å². The fraction of sp³-hybridized carbons (Fsp3) is 0.667. The Hall–Kier alpha value is -0.720. The first-order valence-corrected chi connectivity index (χ1v) is 5.06. The quantitative estimate of drug-likeness (QED) is 0.673. The Morgan fingerprint density at radius 2 is 2.08 bits per heavy atom. The molecule has 0 radical (unpaired) electrons. The third-order valence-electron chi connectivity index (χ3n) is 3.54. The lowest BCUT2D eigenvalue weighted by atomic mass is 9.75. The van der Waals surface area contributed by atoms with Crippen molar-refractivity contribution < 1.29 is 4.42 Å². The third-order valence-corrected chi connectivity index (χ3v) is 3.54. The zero-order valence-corrected chi connectivity index (χ0v) is 8.76. The number of rotatable bonds is 2. The van der Waals surface area contributed by atoms with Crippen molar-refractivity contribution in [3.05, 3.63) is 24.2 Å². The molecular formula is C12H18O. The highest BCUT2D eigenvalue weighted by Crippen LogP contribution is 2.60. The summed E-state index contributed by atoms with van der Waals surface area (Å²) in [6, 6.07) is 4.07. The summed E-state index contributed by atoms with van der Waals surface area (Å²) in [5, 5.41) is 0. The molecule has 13 heavy (non-hydrogen) atoms. The Morgan fingerprint density at radius 1 is 1.38 bits per heavy atom. The minimum absolute atomic E-state index is 0.416. The highest BCUT2D eigenvalue weighted by Gasteiger charge is 2.51. The molecule has 0 spiro atoms. The van der Waals surface area contributed by atoms with Gasteiger partial charge < -0.3 is 4.42 Å². The first-order valence-electron chi connectivity index (χ1n) is 5.06. The molecule has 2 rings (SSSR count). The molecule has 0 atom stereocenters. The molecule has 1 heteroatoms. The fourth-order valence-corrected chi connectivity index (χ4v) is 2.09. The van der Waals surface area contributed by atoms with Crippen LogP contribution in [0.15, 0.2) is 22.8 Å².